The first-order valence-electron chi connectivity index (χ1n) is 8.72. The number of thiazole rings is 1. The van der Waals surface area contributed by atoms with Gasteiger partial charge in [-0.3, -0.25) is 14.2 Å². The van der Waals surface area contributed by atoms with Gasteiger partial charge in [-0.2, -0.15) is 0 Å². The van der Waals surface area contributed by atoms with E-state index in [2.05, 4.69) is 11.6 Å². The fourth-order valence-corrected chi connectivity index (χ4v) is 4.67. The van der Waals surface area contributed by atoms with Crippen molar-refractivity contribution >= 4 is 22.4 Å². The minimum atomic E-state index is -0.0431. The van der Waals surface area contributed by atoms with Gasteiger partial charge in [0.1, 0.15) is 0 Å². The largest absolute Gasteiger partial charge is 0.396 e. The van der Waals surface area contributed by atoms with Gasteiger partial charge in [0, 0.05) is 48.0 Å². The number of aliphatic hydroxyl groups is 1. The van der Waals surface area contributed by atoms with Crippen LogP contribution in [0.2, 0.25) is 0 Å². The first kappa shape index (κ1) is 17.1. The normalized spacial score (nSPS) is 19.0. The summed E-state index contributed by atoms with van der Waals surface area (Å²) in [6.07, 6.45) is 6.92. The number of rotatable bonds is 5. The summed E-state index contributed by atoms with van der Waals surface area (Å²) in [4.78, 5) is 23.6. The zero-order valence-electron chi connectivity index (χ0n) is 14.9. The van der Waals surface area contributed by atoms with Gasteiger partial charge in [-0.05, 0) is 42.9 Å². The Kier molecular flexibility index (Phi) is 4.25. The Morgan fingerprint density at radius 1 is 1.42 bits per heavy atom. The van der Waals surface area contributed by atoms with E-state index < -0.39 is 0 Å². The summed E-state index contributed by atoms with van der Waals surface area (Å²) in [5.41, 5.74) is 4.90. The van der Waals surface area contributed by atoms with Crippen LogP contribution >= 0.6 is 11.3 Å². The lowest BCUT2D eigenvalue weighted by Gasteiger charge is -2.08. The zero-order valence-corrected chi connectivity index (χ0v) is 15.7. The quantitative estimate of drug-likeness (QED) is 0.752. The minimum Gasteiger partial charge on any atom is -0.396 e. The summed E-state index contributed by atoms with van der Waals surface area (Å²) in [5.74, 6) is 0.545. The van der Waals surface area contributed by atoms with E-state index in [1.807, 2.05) is 20.0 Å². The van der Waals surface area contributed by atoms with Crippen LogP contribution in [0.3, 0.4) is 0 Å². The van der Waals surface area contributed by atoms with Crippen LogP contribution in [0.25, 0.3) is 11.0 Å². The minimum absolute atomic E-state index is 0.0431. The molecule has 3 aromatic heterocycles. The predicted octanol–water partition coefficient (Wildman–Crippen LogP) is 3.10. The van der Waals surface area contributed by atoms with Gasteiger partial charge in [-0.1, -0.05) is 12.7 Å². The molecule has 6 heteroatoms. The Hall–Kier alpha value is -2.31. The van der Waals surface area contributed by atoms with Crippen LogP contribution in [0.5, 0.6) is 0 Å². The van der Waals surface area contributed by atoms with E-state index in [0.29, 0.717) is 6.42 Å². The molecule has 134 valence electrons. The highest BCUT2D eigenvalue weighted by atomic mass is 32.1. The molecule has 1 aliphatic rings. The van der Waals surface area contributed by atoms with Crippen LogP contribution in [0, 0.1) is 19.8 Å². The van der Waals surface area contributed by atoms with E-state index in [1.54, 1.807) is 34.1 Å². The van der Waals surface area contributed by atoms with Crippen LogP contribution < -0.4 is 5.56 Å². The van der Waals surface area contributed by atoms with E-state index in [-0.39, 0.29) is 24.0 Å². The standard InChI is InChI=1S/C20H21N3O2S/c1-4-13-8-21-9-14(11(13)2)5-16-7-18(25)23-19(17-6-15(17)10-24)12(3)26-20(23)22-16/h4,7-9,15,17,24H,1,5-6,10H2,2-3H3. The van der Waals surface area contributed by atoms with E-state index in [1.165, 1.54) is 0 Å². The molecule has 4 rings (SSSR count). The van der Waals surface area contributed by atoms with Gasteiger partial charge in [0.2, 0.25) is 0 Å². The van der Waals surface area contributed by atoms with Crippen molar-refractivity contribution in [2.45, 2.75) is 32.6 Å². The molecule has 5 nitrogen and oxygen atoms in total. The third-order valence-corrected chi connectivity index (χ3v) is 6.22. The number of hydrogen-bond donors (Lipinski definition) is 1. The van der Waals surface area contributed by atoms with Gasteiger partial charge < -0.3 is 5.11 Å². The highest BCUT2D eigenvalue weighted by molar-refractivity contribution is 7.17. The van der Waals surface area contributed by atoms with Crippen molar-refractivity contribution in [3.05, 3.63) is 68.3 Å². The van der Waals surface area contributed by atoms with E-state index in [4.69, 9.17) is 4.98 Å². The van der Waals surface area contributed by atoms with Crippen molar-refractivity contribution in [2.24, 2.45) is 5.92 Å². The molecule has 3 heterocycles. The first-order valence-corrected chi connectivity index (χ1v) is 9.54. The molecule has 3 aromatic rings. The number of aryl methyl sites for hydroxylation is 1. The van der Waals surface area contributed by atoms with Gasteiger partial charge in [-0.25, -0.2) is 4.98 Å². The molecular weight excluding hydrogens is 346 g/mol. The number of hydrogen-bond acceptors (Lipinski definition) is 5. The fraction of sp³-hybridized carbons (Fsp3) is 0.350. The summed E-state index contributed by atoms with van der Waals surface area (Å²) in [7, 11) is 0. The lowest BCUT2D eigenvalue weighted by molar-refractivity contribution is 0.273. The van der Waals surface area contributed by atoms with E-state index >= 15 is 0 Å². The molecule has 1 N–H and O–H groups in total. The second kappa shape index (κ2) is 6.45. The Morgan fingerprint density at radius 3 is 2.92 bits per heavy atom. The molecule has 2 unspecified atom stereocenters. The smallest absolute Gasteiger partial charge is 0.258 e. The third kappa shape index (κ3) is 2.79. The second-order valence-electron chi connectivity index (χ2n) is 6.93. The molecule has 1 saturated carbocycles. The van der Waals surface area contributed by atoms with Crippen molar-refractivity contribution in [3.63, 3.8) is 0 Å². The van der Waals surface area contributed by atoms with Gasteiger partial charge in [0.15, 0.2) is 4.96 Å². The van der Waals surface area contributed by atoms with Gasteiger partial charge in [0.05, 0.1) is 5.69 Å². The molecular formula is C20H21N3O2S. The van der Waals surface area contributed by atoms with Crippen LogP contribution in [0.15, 0.2) is 29.8 Å². The summed E-state index contributed by atoms with van der Waals surface area (Å²) in [6, 6.07) is 1.62. The summed E-state index contributed by atoms with van der Waals surface area (Å²) < 4.78 is 1.73. The Balaban J connectivity index is 1.75. The van der Waals surface area contributed by atoms with Crippen LogP contribution in [-0.4, -0.2) is 26.1 Å². The monoisotopic (exact) mass is 367 g/mol. The van der Waals surface area contributed by atoms with Crippen molar-refractivity contribution < 1.29 is 5.11 Å². The molecule has 0 aromatic carbocycles. The van der Waals surface area contributed by atoms with E-state index in [0.717, 1.165) is 44.3 Å². The molecule has 0 saturated heterocycles. The summed E-state index contributed by atoms with van der Waals surface area (Å²) >= 11 is 1.55. The topological polar surface area (TPSA) is 67.5 Å². The summed E-state index contributed by atoms with van der Waals surface area (Å²) in [6.45, 7) is 8.06. The Bertz CT molecular complexity index is 1070. The number of pyridine rings is 1. The molecule has 0 radical (unpaired) electrons. The van der Waals surface area contributed by atoms with Crippen molar-refractivity contribution in [1.29, 1.82) is 0 Å². The highest BCUT2D eigenvalue weighted by Crippen LogP contribution is 2.49. The number of aliphatic hydroxyl groups excluding tert-OH is 1. The maximum absolute atomic E-state index is 12.8. The lowest BCUT2D eigenvalue weighted by Crippen LogP contribution is -2.17. The maximum atomic E-state index is 12.8. The number of nitrogens with zero attached hydrogens (tertiary/aromatic N) is 3. The molecule has 2 atom stereocenters. The fourth-order valence-electron chi connectivity index (χ4n) is 3.61. The molecule has 0 spiro atoms. The number of aromatic nitrogens is 3. The Labute approximate surface area is 155 Å². The molecule has 0 amide bonds. The molecule has 1 aliphatic carbocycles. The van der Waals surface area contributed by atoms with Crippen molar-refractivity contribution in [3.8, 4) is 0 Å². The van der Waals surface area contributed by atoms with Crippen molar-refractivity contribution in [1.82, 2.24) is 14.4 Å². The second-order valence-corrected chi connectivity index (χ2v) is 8.11. The molecule has 0 aliphatic heterocycles. The summed E-state index contributed by atoms with van der Waals surface area (Å²) in [5, 5.41) is 9.37. The van der Waals surface area contributed by atoms with Crippen LogP contribution in [0.1, 0.15) is 45.3 Å². The van der Waals surface area contributed by atoms with E-state index in [9.17, 15) is 9.90 Å². The highest BCUT2D eigenvalue weighted by Gasteiger charge is 2.41. The average molecular weight is 367 g/mol. The first-order chi connectivity index (χ1) is 12.5. The predicted molar refractivity (Wildman–Crippen MR) is 104 cm³/mol. The zero-order chi connectivity index (χ0) is 18.4. The van der Waals surface area contributed by atoms with Crippen molar-refractivity contribution in [2.75, 3.05) is 6.61 Å². The lowest BCUT2D eigenvalue weighted by atomic mass is 10.0. The number of fused-ring (bicyclic) bond motifs is 1. The molecule has 0 bridgehead atoms. The van der Waals surface area contributed by atoms with Crippen LogP contribution in [0.4, 0.5) is 0 Å². The maximum Gasteiger partial charge on any atom is 0.258 e. The van der Waals surface area contributed by atoms with Gasteiger partial charge >= 0.3 is 0 Å². The Morgan fingerprint density at radius 2 is 2.23 bits per heavy atom. The third-order valence-electron chi connectivity index (χ3n) is 5.25. The molecule has 1 fully saturated rings. The van der Waals surface area contributed by atoms with Gasteiger partial charge in [0.25, 0.3) is 5.56 Å². The van der Waals surface area contributed by atoms with Crippen LogP contribution in [-0.2, 0) is 6.42 Å². The SMILES string of the molecule is C=Cc1cncc(Cc2cc(=O)n3c(C4CC4CO)c(C)sc3n2)c1C. The average Bonchev–Trinajstić information content (AvgIpc) is 3.31. The van der Waals surface area contributed by atoms with Gasteiger partial charge in [-0.15, -0.1) is 11.3 Å². The molecule has 26 heavy (non-hydrogen) atoms.